The second kappa shape index (κ2) is 7.16. The molecule has 2 N–H and O–H groups in total. The van der Waals surface area contributed by atoms with E-state index in [1.807, 2.05) is 13.8 Å². The van der Waals surface area contributed by atoms with Gasteiger partial charge in [0.05, 0.1) is 6.20 Å². The van der Waals surface area contributed by atoms with Crippen LogP contribution >= 0.6 is 0 Å². The van der Waals surface area contributed by atoms with E-state index in [0.717, 1.165) is 5.56 Å². The first-order valence-corrected chi connectivity index (χ1v) is 7.64. The summed E-state index contributed by atoms with van der Waals surface area (Å²) in [7, 11) is 0. The van der Waals surface area contributed by atoms with E-state index in [0.29, 0.717) is 5.82 Å². The first-order chi connectivity index (χ1) is 11.3. The van der Waals surface area contributed by atoms with Gasteiger partial charge in [-0.05, 0) is 45.4 Å². The molecule has 2 aromatic rings. The predicted octanol–water partition coefficient (Wildman–Crippen LogP) is 2.66. The smallest absolute Gasteiger partial charge is 0.342 e. The van der Waals surface area contributed by atoms with Gasteiger partial charge in [0, 0.05) is 12.1 Å². The molecular formula is C17H21N3O4. The van der Waals surface area contributed by atoms with Crippen molar-refractivity contribution < 1.29 is 19.4 Å². The Morgan fingerprint density at radius 1 is 1.25 bits per heavy atom. The number of nitrogens with zero attached hydrogens (tertiary/aromatic N) is 2. The number of benzene rings is 1. The zero-order valence-electron chi connectivity index (χ0n) is 14.1. The van der Waals surface area contributed by atoms with Crippen LogP contribution in [0.25, 0.3) is 0 Å². The molecular weight excluding hydrogens is 310 g/mol. The van der Waals surface area contributed by atoms with Crippen LogP contribution in [0.15, 0.2) is 30.5 Å². The summed E-state index contributed by atoms with van der Waals surface area (Å²) in [6.07, 6.45) is 0.560. The number of anilines is 1. The molecule has 0 aliphatic heterocycles. The third-order valence-electron chi connectivity index (χ3n) is 3.44. The third kappa shape index (κ3) is 3.92. The third-order valence-corrected chi connectivity index (χ3v) is 3.44. The maximum absolute atomic E-state index is 12.2. The number of aromatic hydroxyl groups is 1. The fourth-order valence-corrected chi connectivity index (χ4v) is 2.14. The van der Waals surface area contributed by atoms with E-state index in [4.69, 9.17) is 4.74 Å². The zero-order valence-corrected chi connectivity index (χ0v) is 14.1. The number of aryl methyl sites for hydroxylation is 1. The maximum atomic E-state index is 12.2. The average molecular weight is 331 g/mol. The summed E-state index contributed by atoms with van der Waals surface area (Å²) in [6.45, 7) is 7.13. The van der Waals surface area contributed by atoms with Crippen LogP contribution in [0.1, 0.15) is 42.7 Å². The number of nitrogens with one attached hydrogen (secondary N) is 1. The number of esters is 1. The van der Waals surface area contributed by atoms with Gasteiger partial charge in [-0.3, -0.25) is 4.79 Å². The lowest BCUT2D eigenvalue weighted by atomic mass is 10.1. The summed E-state index contributed by atoms with van der Waals surface area (Å²) < 4.78 is 6.78. The van der Waals surface area contributed by atoms with E-state index in [-0.39, 0.29) is 17.4 Å². The molecule has 0 aliphatic rings. The highest BCUT2D eigenvalue weighted by atomic mass is 16.5. The van der Waals surface area contributed by atoms with E-state index in [1.165, 1.54) is 19.1 Å². The van der Waals surface area contributed by atoms with E-state index >= 15 is 0 Å². The van der Waals surface area contributed by atoms with Gasteiger partial charge in [-0.2, -0.15) is 5.10 Å². The molecule has 7 heteroatoms. The van der Waals surface area contributed by atoms with Crippen molar-refractivity contribution in [1.82, 2.24) is 9.78 Å². The molecule has 1 aromatic heterocycles. The lowest BCUT2D eigenvalue weighted by Gasteiger charge is -2.16. The number of ether oxygens (including phenoxy) is 1. The number of carbonyl (C=O) groups excluding carboxylic acids is 2. The average Bonchev–Trinajstić information content (AvgIpc) is 2.95. The number of phenols is 1. The Kier molecular flexibility index (Phi) is 5.23. The molecule has 1 atom stereocenters. The maximum Gasteiger partial charge on any atom is 0.342 e. The van der Waals surface area contributed by atoms with Crippen LogP contribution in [-0.2, 0) is 9.53 Å². The number of aromatic nitrogens is 2. The van der Waals surface area contributed by atoms with Crippen molar-refractivity contribution in [1.29, 1.82) is 0 Å². The minimum Gasteiger partial charge on any atom is -0.507 e. The van der Waals surface area contributed by atoms with Crippen molar-refractivity contribution in [2.45, 2.75) is 39.8 Å². The Bertz CT molecular complexity index is 752. The minimum absolute atomic E-state index is 0.0208. The Labute approximate surface area is 140 Å². The lowest BCUT2D eigenvalue weighted by molar-refractivity contribution is -0.123. The van der Waals surface area contributed by atoms with Crippen LogP contribution in [0.5, 0.6) is 5.75 Å². The first kappa shape index (κ1) is 17.5. The van der Waals surface area contributed by atoms with Crippen molar-refractivity contribution in [2.24, 2.45) is 0 Å². The quantitative estimate of drug-likeness (QED) is 0.822. The second-order valence-corrected chi connectivity index (χ2v) is 5.81. The first-order valence-electron chi connectivity index (χ1n) is 7.64. The second-order valence-electron chi connectivity index (χ2n) is 5.81. The molecule has 0 spiro atoms. The van der Waals surface area contributed by atoms with E-state index in [9.17, 15) is 14.7 Å². The molecule has 1 heterocycles. The van der Waals surface area contributed by atoms with Gasteiger partial charge in [0.1, 0.15) is 17.1 Å². The summed E-state index contributed by atoms with van der Waals surface area (Å²) >= 11 is 0. The summed E-state index contributed by atoms with van der Waals surface area (Å²) in [5.74, 6) is -0.883. The summed E-state index contributed by atoms with van der Waals surface area (Å²) in [4.78, 5) is 24.3. The Balaban J connectivity index is 2.03. The molecule has 0 unspecified atom stereocenters. The normalized spacial score (nSPS) is 12.0. The van der Waals surface area contributed by atoms with Gasteiger partial charge < -0.3 is 15.2 Å². The monoisotopic (exact) mass is 331 g/mol. The van der Waals surface area contributed by atoms with Gasteiger partial charge in [0.2, 0.25) is 0 Å². The van der Waals surface area contributed by atoms with Crippen LogP contribution in [0, 0.1) is 6.92 Å². The van der Waals surface area contributed by atoms with E-state index < -0.39 is 18.0 Å². The minimum atomic E-state index is -1.02. The SMILES string of the molecule is Cc1ccc(C(=O)O[C@H](C)C(=O)Nc2ccnn2C(C)C)c(O)c1. The van der Waals surface area contributed by atoms with Crippen molar-refractivity contribution in [2.75, 3.05) is 5.32 Å². The van der Waals surface area contributed by atoms with Gasteiger partial charge in [0.25, 0.3) is 5.91 Å². The highest BCUT2D eigenvalue weighted by molar-refractivity contribution is 5.98. The summed E-state index contributed by atoms with van der Waals surface area (Å²) in [5, 5.41) is 16.6. The molecule has 0 radical (unpaired) electrons. The van der Waals surface area contributed by atoms with Gasteiger partial charge in [-0.25, -0.2) is 9.48 Å². The Hall–Kier alpha value is -2.83. The van der Waals surface area contributed by atoms with Crippen LogP contribution in [0.2, 0.25) is 0 Å². The van der Waals surface area contributed by atoms with Crippen LogP contribution in [0.4, 0.5) is 5.82 Å². The Morgan fingerprint density at radius 3 is 2.58 bits per heavy atom. The largest absolute Gasteiger partial charge is 0.507 e. The molecule has 0 fully saturated rings. The number of hydrogen-bond donors (Lipinski definition) is 2. The lowest BCUT2D eigenvalue weighted by Crippen LogP contribution is -2.31. The number of amides is 1. The fraction of sp³-hybridized carbons (Fsp3) is 0.353. The summed E-state index contributed by atoms with van der Waals surface area (Å²) in [5.41, 5.74) is 0.837. The number of hydrogen-bond acceptors (Lipinski definition) is 5. The van der Waals surface area contributed by atoms with Crippen molar-refractivity contribution in [3.05, 3.63) is 41.6 Å². The van der Waals surface area contributed by atoms with Gasteiger partial charge in [-0.1, -0.05) is 6.07 Å². The molecule has 0 aliphatic carbocycles. The topological polar surface area (TPSA) is 93.5 Å². The van der Waals surface area contributed by atoms with Crippen molar-refractivity contribution >= 4 is 17.7 Å². The van der Waals surface area contributed by atoms with Crippen LogP contribution in [-0.4, -0.2) is 32.9 Å². The van der Waals surface area contributed by atoms with Gasteiger partial charge >= 0.3 is 5.97 Å². The number of carbonyl (C=O) groups is 2. The number of phenolic OH excluding ortho intramolecular Hbond substituents is 1. The molecule has 0 bridgehead atoms. The molecule has 1 amide bonds. The fourth-order valence-electron chi connectivity index (χ4n) is 2.14. The standard InChI is InChI=1S/C17H21N3O4/c1-10(2)20-15(7-8-18-20)19-16(22)12(4)24-17(23)13-6-5-11(3)9-14(13)21/h5-10,12,21H,1-4H3,(H,19,22)/t12-/m1/s1. The molecule has 0 saturated heterocycles. The van der Waals surface area contributed by atoms with Crippen molar-refractivity contribution in [3.63, 3.8) is 0 Å². The highest BCUT2D eigenvalue weighted by Crippen LogP contribution is 2.20. The molecule has 2 rings (SSSR count). The van der Waals surface area contributed by atoms with Crippen molar-refractivity contribution in [3.8, 4) is 5.75 Å². The van der Waals surface area contributed by atoms with E-state index in [2.05, 4.69) is 10.4 Å². The number of rotatable bonds is 5. The molecule has 0 saturated carbocycles. The zero-order chi connectivity index (χ0) is 17.9. The molecule has 24 heavy (non-hydrogen) atoms. The van der Waals surface area contributed by atoms with Gasteiger partial charge in [-0.15, -0.1) is 0 Å². The molecule has 128 valence electrons. The predicted molar refractivity (Wildman–Crippen MR) is 89.0 cm³/mol. The van der Waals surface area contributed by atoms with Crippen LogP contribution < -0.4 is 5.32 Å². The highest BCUT2D eigenvalue weighted by Gasteiger charge is 2.22. The van der Waals surface area contributed by atoms with E-state index in [1.54, 1.807) is 29.9 Å². The molecule has 7 nitrogen and oxygen atoms in total. The van der Waals surface area contributed by atoms with Gasteiger partial charge in [0.15, 0.2) is 6.10 Å². The summed E-state index contributed by atoms with van der Waals surface area (Å²) in [6, 6.07) is 6.35. The Morgan fingerprint density at radius 2 is 1.96 bits per heavy atom. The van der Waals surface area contributed by atoms with Crippen LogP contribution in [0.3, 0.4) is 0 Å². The molecule has 1 aromatic carbocycles.